The van der Waals surface area contributed by atoms with E-state index >= 15 is 0 Å². The number of aryl methyl sites for hydroxylation is 2. The van der Waals surface area contributed by atoms with Crippen molar-refractivity contribution in [3.8, 4) is 5.75 Å². The van der Waals surface area contributed by atoms with Gasteiger partial charge < -0.3 is 13.9 Å². The number of rotatable bonds is 5. The monoisotopic (exact) mass is 278 g/mol. The smallest absolute Gasteiger partial charge is 0.341 e. The summed E-state index contributed by atoms with van der Waals surface area (Å²) >= 11 is 0. The van der Waals surface area contributed by atoms with Crippen molar-refractivity contribution in [2.24, 2.45) is 0 Å². The predicted octanol–water partition coefficient (Wildman–Crippen LogP) is 3.27. The van der Waals surface area contributed by atoms with E-state index in [0.29, 0.717) is 17.1 Å². The molecule has 106 valence electrons. The number of furan rings is 1. The molecule has 0 aliphatic heterocycles. The zero-order valence-electron chi connectivity index (χ0n) is 11.3. The van der Waals surface area contributed by atoms with E-state index in [1.165, 1.54) is 12.1 Å². The van der Waals surface area contributed by atoms with Crippen LogP contribution in [0.2, 0.25) is 0 Å². The number of ether oxygens (including phenoxy) is 2. The highest BCUT2D eigenvalue weighted by Crippen LogP contribution is 2.16. The average Bonchev–Trinajstić information content (AvgIpc) is 2.75. The van der Waals surface area contributed by atoms with Crippen molar-refractivity contribution in [1.82, 2.24) is 0 Å². The Labute approximate surface area is 116 Å². The normalized spacial score (nSPS) is 10.3. The molecule has 0 radical (unpaired) electrons. The largest absolute Gasteiger partial charge is 0.487 e. The highest BCUT2D eigenvalue weighted by atomic mass is 19.1. The summed E-state index contributed by atoms with van der Waals surface area (Å²) in [7, 11) is 0. The fourth-order valence-corrected chi connectivity index (χ4v) is 1.76. The molecule has 0 aliphatic rings. The van der Waals surface area contributed by atoms with E-state index in [2.05, 4.69) is 0 Å². The van der Waals surface area contributed by atoms with E-state index in [9.17, 15) is 9.18 Å². The summed E-state index contributed by atoms with van der Waals surface area (Å²) < 4.78 is 28.7. The maximum atomic E-state index is 13.3. The van der Waals surface area contributed by atoms with Crippen LogP contribution in [0.1, 0.15) is 21.9 Å². The Balaban J connectivity index is 1.80. The summed E-state index contributed by atoms with van der Waals surface area (Å²) in [5.41, 5.74) is 0.397. The highest BCUT2D eigenvalue weighted by Gasteiger charge is 2.14. The Hall–Kier alpha value is -2.30. The molecule has 4 nitrogen and oxygen atoms in total. The van der Waals surface area contributed by atoms with Crippen molar-refractivity contribution in [2.75, 3.05) is 13.2 Å². The Morgan fingerprint density at radius 2 is 2.00 bits per heavy atom. The second kappa shape index (κ2) is 6.23. The molecular weight excluding hydrogens is 263 g/mol. The van der Waals surface area contributed by atoms with Gasteiger partial charge in [0.2, 0.25) is 0 Å². The Morgan fingerprint density at radius 1 is 1.25 bits per heavy atom. The lowest BCUT2D eigenvalue weighted by molar-refractivity contribution is 0.0446. The van der Waals surface area contributed by atoms with Crippen molar-refractivity contribution < 1.29 is 23.1 Å². The van der Waals surface area contributed by atoms with E-state index in [0.717, 1.165) is 0 Å². The zero-order valence-corrected chi connectivity index (χ0v) is 11.3. The van der Waals surface area contributed by atoms with Gasteiger partial charge in [-0.15, -0.1) is 0 Å². The van der Waals surface area contributed by atoms with E-state index in [1.807, 2.05) is 0 Å². The van der Waals surface area contributed by atoms with Gasteiger partial charge in [-0.05, 0) is 32.0 Å². The molecule has 0 saturated heterocycles. The lowest BCUT2D eigenvalue weighted by Gasteiger charge is -2.07. The van der Waals surface area contributed by atoms with Crippen LogP contribution in [0.5, 0.6) is 5.75 Å². The molecule has 1 heterocycles. The van der Waals surface area contributed by atoms with Gasteiger partial charge in [0.05, 0.1) is 0 Å². The third kappa shape index (κ3) is 3.38. The van der Waals surface area contributed by atoms with Crippen molar-refractivity contribution >= 4 is 5.97 Å². The minimum Gasteiger partial charge on any atom is -0.487 e. The maximum Gasteiger partial charge on any atom is 0.341 e. The number of benzene rings is 1. The van der Waals surface area contributed by atoms with Crippen molar-refractivity contribution in [2.45, 2.75) is 13.8 Å². The van der Waals surface area contributed by atoms with Crippen LogP contribution in [-0.4, -0.2) is 19.2 Å². The number of para-hydroxylation sites is 1. The summed E-state index contributed by atoms with van der Waals surface area (Å²) in [5, 5.41) is 0. The second-order valence-corrected chi connectivity index (χ2v) is 4.24. The lowest BCUT2D eigenvalue weighted by atomic mass is 10.2. The molecule has 0 amide bonds. The molecule has 2 aromatic rings. The summed E-state index contributed by atoms with van der Waals surface area (Å²) in [6.45, 7) is 3.57. The quantitative estimate of drug-likeness (QED) is 0.622. The topological polar surface area (TPSA) is 48.7 Å². The second-order valence-electron chi connectivity index (χ2n) is 4.24. The lowest BCUT2D eigenvalue weighted by Crippen LogP contribution is -2.13. The van der Waals surface area contributed by atoms with Gasteiger partial charge in [0.1, 0.15) is 30.3 Å². The summed E-state index contributed by atoms with van der Waals surface area (Å²) in [6, 6.07) is 7.68. The first kappa shape index (κ1) is 14.1. The fraction of sp³-hybridized carbons (Fsp3) is 0.267. The molecule has 0 N–H and O–H groups in total. The third-order valence-corrected chi connectivity index (χ3v) is 2.67. The van der Waals surface area contributed by atoms with Gasteiger partial charge in [0.25, 0.3) is 0 Å². The zero-order chi connectivity index (χ0) is 14.5. The van der Waals surface area contributed by atoms with Crippen LogP contribution in [0.4, 0.5) is 4.39 Å². The first-order valence-electron chi connectivity index (χ1n) is 6.19. The Morgan fingerprint density at radius 3 is 2.65 bits per heavy atom. The maximum absolute atomic E-state index is 13.3. The first-order valence-corrected chi connectivity index (χ1v) is 6.19. The van der Waals surface area contributed by atoms with Gasteiger partial charge >= 0.3 is 5.97 Å². The Kier molecular flexibility index (Phi) is 4.40. The first-order chi connectivity index (χ1) is 9.58. The van der Waals surface area contributed by atoms with Gasteiger partial charge in [0, 0.05) is 0 Å². The highest BCUT2D eigenvalue weighted by molar-refractivity contribution is 5.90. The molecule has 0 spiro atoms. The molecule has 0 fully saturated rings. The Bertz CT molecular complexity index is 604. The van der Waals surface area contributed by atoms with Gasteiger partial charge in [-0.2, -0.15) is 0 Å². The van der Waals surface area contributed by atoms with Crippen LogP contribution in [0, 0.1) is 19.7 Å². The predicted molar refractivity (Wildman–Crippen MR) is 70.4 cm³/mol. The molecule has 1 aromatic heterocycles. The molecule has 5 heteroatoms. The van der Waals surface area contributed by atoms with E-state index in [4.69, 9.17) is 13.9 Å². The molecule has 0 saturated carbocycles. The van der Waals surface area contributed by atoms with E-state index in [-0.39, 0.29) is 19.0 Å². The fourth-order valence-electron chi connectivity index (χ4n) is 1.76. The van der Waals surface area contributed by atoms with Crippen LogP contribution >= 0.6 is 0 Å². The van der Waals surface area contributed by atoms with Crippen molar-refractivity contribution in [3.63, 3.8) is 0 Å². The summed E-state index contributed by atoms with van der Waals surface area (Å²) in [5.74, 6) is 0.384. The number of carbonyl (C=O) groups excluding carboxylic acids is 1. The molecule has 0 bridgehead atoms. The van der Waals surface area contributed by atoms with Crippen LogP contribution in [-0.2, 0) is 4.74 Å². The number of halogens is 1. The van der Waals surface area contributed by atoms with E-state index < -0.39 is 11.8 Å². The van der Waals surface area contributed by atoms with Gasteiger partial charge in [-0.25, -0.2) is 9.18 Å². The SMILES string of the molecule is Cc1cc(C(=O)OCCOc2ccccc2F)c(C)o1. The molecule has 1 aromatic carbocycles. The molecular formula is C15H15FO4. The van der Waals surface area contributed by atoms with Gasteiger partial charge in [-0.1, -0.05) is 12.1 Å². The number of hydrogen-bond donors (Lipinski definition) is 0. The van der Waals surface area contributed by atoms with Gasteiger partial charge in [-0.3, -0.25) is 0 Å². The molecule has 20 heavy (non-hydrogen) atoms. The molecule has 2 rings (SSSR count). The molecule has 0 atom stereocenters. The van der Waals surface area contributed by atoms with Crippen LogP contribution in [0.15, 0.2) is 34.7 Å². The molecule has 0 unspecified atom stereocenters. The average molecular weight is 278 g/mol. The third-order valence-electron chi connectivity index (χ3n) is 2.67. The summed E-state index contributed by atoms with van der Waals surface area (Å²) in [4.78, 5) is 11.7. The number of carbonyl (C=O) groups is 1. The van der Waals surface area contributed by atoms with Crippen LogP contribution < -0.4 is 4.74 Å². The number of hydrogen-bond acceptors (Lipinski definition) is 4. The number of esters is 1. The summed E-state index contributed by atoms with van der Waals surface area (Å²) in [6.07, 6.45) is 0. The van der Waals surface area contributed by atoms with Gasteiger partial charge in [0.15, 0.2) is 11.6 Å². The minimum absolute atomic E-state index is 0.0385. The van der Waals surface area contributed by atoms with E-state index in [1.54, 1.807) is 32.0 Å². The minimum atomic E-state index is -0.475. The van der Waals surface area contributed by atoms with Crippen LogP contribution in [0.3, 0.4) is 0 Å². The van der Waals surface area contributed by atoms with Crippen LogP contribution in [0.25, 0.3) is 0 Å². The standard InChI is InChI=1S/C15H15FO4/c1-10-9-12(11(2)20-10)15(17)19-8-7-18-14-6-4-3-5-13(14)16/h3-6,9H,7-8H2,1-2H3. The molecule has 0 aliphatic carbocycles. The van der Waals surface area contributed by atoms with Crippen molar-refractivity contribution in [3.05, 3.63) is 53.2 Å². The van der Waals surface area contributed by atoms with Crippen molar-refractivity contribution in [1.29, 1.82) is 0 Å².